The van der Waals surface area contributed by atoms with Gasteiger partial charge >= 0.3 is 0 Å². The Morgan fingerprint density at radius 1 is 1.17 bits per heavy atom. The number of hydrogen-bond donors (Lipinski definition) is 1. The topological polar surface area (TPSA) is 60.5 Å². The van der Waals surface area contributed by atoms with Crippen molar-refractivity contribution in [1.29, 1.82) is 0 Å². The van der Waals surface area contributed by atoms with Crippen molar-refractivity contribution in [3.8, 4) is 17.2 Å². The lowest BCUT2D eigenvalue weighted by Crippen LogP contribution is -2.42. The Morgan fingerprint density at radius 3 is 2.67 bits per heavy atom. The molecule has 24 heavy (non-hydrogen) atoms. The molecule has 1 spiro atoms. The molecule has 5 nitrogen and oxygen atoms in total. The maximum atomic E-state index is 11.8. The van der Waals surface area contributed by atoms with Crippen molar-refractivity contribution in [3.05, 3.63) is 29.3 Å². The molecule has 5 heteroatoms. The SMILES string of the molecule is COc1cc2c(c(OC)c1OC)C1(O)CCCC=CC13OC3CC2. The first kappa shape index (κ1) is 15.8. The van der Waals surface area contributed by atoms with E-state index < -0.39 is 11.2 Å². The fourth-order valence-corrected chi connectivity index (χ4v) is 4.52. The van der Waals surface area contributed by atoms with Gasteiger partial charge in [0.05, 0.1) is 27.4 Å². The molecule has 0 amide bonds. The Morgan fingerprint density at radius 2 is 1.96 bits per heavy atom. The molecule has 0 saturated carbocycles. The summed E-state index contributed by atoms with van der Waals surface area (Å²) in [5.41, 5.74) is 0.106. The molecule has 3 aliphatic rings. The van der Waals surface area contributed by atoms with E-state index in [9.17, 15) is 5.11 Å². The second kappa shape index (κ2) is 5.39. The van der Waals surface area contributed by atoms with Crippen LogP contribution in [0.5, 0.6) is 17.2 Å². The number of hydrogen-bond acceptors (Lipinski definition) is 5. The van der Waals surface area contributed by atoms with E-state index in [1.54, 1.807) is 21.3 Å². The standard InChI is InChI=1S/C19H24O5/c1-21-13-11-12-7-8-14-19(24-14)10-6-4-5-9-18(19,20)15(12)17(23-3)16(13)22-2/h6,10-11,14,20H,4-5,7-9H2,1-3H3. The molecule has 2 aliphatic carbocycles. The smallest absolute Gasteiger partial charge is 0.203 e. The fraction of sp³-hybridized carbons (Fsp3) is 0.579. The number of allylic oxidation sites excluding steroid dienone is 1. The zero-order valence-electron chi connectivity index (χ0n) is 14.4. The van der Waals surface area contributed by atoms with Gasteiger partial charge in [-0.3, -0.25) is 0 Å². The molecule has 0 radical (unpaired) electrons. The van der Waals surface area contributed by atoms with Crippen LogP contribution < -0.4 is 14.2 Å². The van der Waals surface area contributed by atoms with Gasteiger partial charge in [0.1, 0.15) is 11.2 Å². The Labute approximate surface area is 142 Å². The van der Waals surface area contributed by atoms with Crippen molar-refractivity contribution < 1.29 is 24.1 Å². The van der Waals surface area contributed by atoms with Crippen LogP contribution in [0.1, 0.15) is 36.8 Å². The Hall–Kier alpha value is -1.72. The summed E-state index contributed by atoms with van der Waals surface area (Å²) in [4.78, 5) is 0. The van der Waals surface area contributed by atoms with Crippen molar-refractivity contribution in [2.75, 3.05) is 21.3 Å². The summed E-state index contributed by atoms with van der Waals surface area (Å²) in [6, 6.07) is 1.97. The zero-order chi connectivity index (χ0) is 16.9. The molecule has 1 aromatic rings. The molecule has 1 aromatic carbocycles. The number of ether oxygens (including phenoxy) is 4. The summed E-state index contributed by atoms with van der Waals surface area (Å²) in [6.07, 6.45) is 8.42. The lowest BCUT2D eigenvalue weighted by atomic mass is 9.76. The number of aryl methyl sites for hydroxylation is 1. The van der Waals surface area contributed by atoms with Gasteiger partial charge in [0.15, 0.2) is 11.5 Å². The summed E-state index contributed by atoms with van der Waals surface area (Å²) in [5.74, 6) is 1.71. The van der Waals surface area contributed by atoms with Crippen molar-refractivity contribution in [2.24, 2.45) is 0 Å². The van der Waals surface area contributed by atoms with Crippen LogP contribution >= 0.6 is 0 Å². The predicted molar refractivity (Wildman–Crippen MR) is 88.9 cm³/mol. The molecule has 1 fully saturated rings. The Kier molecular flexibility index (Phi) is 3.55. The molecule has 1 heterocycles. The largest absolute Gasteiger partial charge is 0.493 e. The normalized spacial score (nSPS) is 33.4. The highest BCUT2D eigenvalue weighted by Gasteiger charge is 2.69. The molecule has 1 aliphatic heterocycles. The van der Waals surface area contributed by atoms with E-state index in [2.05, 4.69) is 12.2 Å². The van der Waals surface area contributed by atoms with Gasteiger partial charge in [-0.2, -0.15) is 0 Å². The maximum absolute atomic E-state index is 11.8. The molecule has 130 valence electrons. The van der Waals surface area contributed by atoms with Crippen LogP contribution in [0.3, 0.4) is 0 Å². The Bertz CT molecular complexity index is 697. The fourth-order valence-electron chi connectivity index (χ4n) is 4.52. The first-order valence-electron chi connectivity index (χ1n) is 8.51. The van der Waals surface area contributed by atoms with Crippen LogP contribution in [0.2, 0.25) is 0 Å². The number of epoxide rings is 1. The predicted octanol–water partition coefficient (Wildman–Crippen LogP) is 2.72. The highest BCUT2D eigenvalue weighted by molar-refractivity contribution is 5.63. The molecule has 3 atom stereocenters. The monoisotopic (exact) mass is 332 g/mol. The third-order valence-electron chi connectivity index (χ3n) is 5.68. The molecule has 1 saturated heterocycles. The van der Waals surface area contributed by atoms with Crippen molar-refractivity contribution >= 4 is 0 Å². The molecular weight excluding hydrogens is 308 g/mol. The highest BCUT2D eigenvalue weighted by Crippen LogP contribution is 2.62. The second-order valence-electron chi connectivity index (χ2n) is 6.77. The van der Waals surface area contributed by atoms with E-state index in [0.29, 0.717) is 23.7 Å². The van der Waals surface area contributed by atoms with Crippen LogP contribution in [0, 0.1) is 0 Å². The molecule has 1 N–H and O–H groups in total. The van der Waals surface area contributed by atoms with Gasteiger partial charge in [-0.25, -0.2) is 0 Å². The average molecular weight is 332 g/mol. The number of aliphatic hydroxyl groups is 1. The number of benzene rings is 1. The van der Waals surface area contributed by atoms with E-state index in [1.165, 1.54) is 0 Å². The van der Waals surface area contributed by atoms with Crippen molar-refractivity contribution in [1.82, 2.24) is 0 Å². The van der Waals surface area contributed by atoms with Crippen molar-refractivity contribution in [3.63, 3.8) is 0 Å². The van der Waals surface area contributed by atoms with Crippen molar-refractivity contribution in [2.45, 2.75) is 49.4 Å². The van der Waals surface area contributed by atoms with E-state index in [4.69, 9.17) is 18.9 Å². The minimum Gasteiger partial charge on any atom is -0.493 e. The van der Waals surface area contributed by atoms with E-state index >= 15 is 0 Å². The third-order valence-corrected chi connectivity index (χ3v) is 5.68. The summed E-state index contributed by atoms with van der Waals surface area (Å²) in [6.45, 7) is 0. The third kappa shape index (κ3) is 1.88. The van der Waals surface area contributed by atoms with Gasteiger partial charge in [0.2, 0.25) is 5.75 Å². The zero-order valence-corrected chi connectivity index (χ0v) is 14.4. The van der Waals surface area contributed by atoms with E-state index in [1.807, 2.05) is 6.07 Å². The van der Waals surface area contributed by atoms with E-state index in [0.717, 1.165) is 36.8 Å². The van der Waals surface area contributed by atoms with Gasteiger partial charge < -0.3 is 24.1 Å². The van der Waals surface area contributed by atoms with Crippen LogP contribution in [0.15, 0.2) is 18.2 Å². The summed E-state index contributed by atoms with van der Waals surface area (Å²) < 4.78 is 22.8. The summed E-state index contributed by atoms with van der Waals surface area (Å²) >= 11 is 0. The lowest BCUT2D eigenvalue weighted by molar-refractivity contribution is -0.0330. The molecule has 0 bridgehead atoms. The molecule has 4 rings (SSSR count). The van der Waals surface area contributed by atoms with Gasteiger partial charge in [-0.1, -0.05) is 12.2 Å². The second-order valence-corrected chi connectivity index (χ2v) is 6.77. The molecular formula is C19H24O5. The van der Waals surface area contributed by atoms with Gasteiger partial charge in [0, 0.05) is 5.56 Å². The van der Waals surface area contributed by atoms with Crippen LogP contribution in [-0.2, 0) is 16.8 Å². The summed E-state index contributed by atoms with van der Waals surface area (Å²) in [7, 11) is 4.81. The van der Waals surface area contributed by atoms with Crippen LogP contribution in [0.25, 0.3) is 0 Å². The van der Waals surface area contributed by atoms with Crippen LogP contribution in [-0.4, -0.2) is 38.1 Å². The summed E-state index contributed by atoms with van der Waals surface area (Å²) in [5, 5.41) is 11.8. The average Bonchev–Trinajstić information content (AvgIpc) is 3.34. The quantitative estimate of drug-likeness (QED) is 0.681. The highest BCUT2D eigenvalue weighted by atomic mass is 16.6. The molecule has 0 aromatic heterocycles. The van der Waals surface area contributed by atoms with Gasteiger partial charge in [0.25, 0.3) is 0 Å². The molecule has 3 unspecified atom stereocenters. The minimum absolute atomic E-state index is 0.0472. The van der Waals surface area contributed by atoms with Gasteiger partial charge in [-0.15, -0.1) is 0 Å². The first-order chi connectivity index (χ1) is 11.6. The number of fused-ring (bicyclic) bond motifs is 2. The Balaban J connectivity index is 2.00. The minimum atomic E-state index is -1.11. The van der Waals surface area contributed by atoms with Crippen LogP contribution in [0.4, 0.5) is 0 Å². The van der Waals surface area contributed by atoms with Gasteiger partial charge in [-0.05, 0) is 43.7 Å². The lowest BCUT2D eigenvalue weighted by Gasteiger charge is -2.35. The first-order valence-corrected chi connectivity index (χ1v) is 8.51. The number of rotatable bonds is 3. The number of methoxy groups -OCH3 is 3. The van der Waals surface area contributed by atoms with E-state index in [-0.39, 0.29) is 6.10 Å². The maximum Gasteiger partial charge on any atom is 0.203 e.